The lowest BCUT2D eigenvalue weighted by Crippen LogP contribution is -2.12. The molecule has 0 fully saturated rings. The molecule has 2 aromatic heterocycles. The Bertz CT molecular complexity index is 1530. The van der Waals surface area contributed by atoms with E-state index in [1.54, 1.807) is 48.7 Å². The minimum atomic E-state index is -0.325. The van der Waals surface area contributed by atoms with Gasteiger partial charge in [-0.25, -0.2) is 4.98 Å². The number of hydrogen-bond donors (Lipinski definition) is 2. The van der Waals surface area contributed by atoms with Crippen LogP contribution in [-0.4, -0.2) is 42.4 Å². The molecule has 182 valence electrons. The summed E-state index contributed by atoms with van der Waals surface area (Å²) in [6.45, 7) is 0. The van der Waals surface area contributed by atoms with E-state index in [-0.39, 0.29) is 5.91 Å². The topological polar surface area (TPSA) is 112 Å². The number of ether oxygens (including phenoxy) is 3. The summed E-state index contributed by atoms with van der Waals surface area (Å²) in [5.41, 5.74) is 4.54. The predicted molar refractivity (Wildman–Crippen MR) is 136 cm³/mol. The maximum Gasteiger partial charge on any atom is 0.255 e. The molecule has 10 heteroatoms. The molecule has 0 bridgehead atoms. The Labute approximate surface area is 211 Å². The summed E-state index contributed by atoms with van der Waals surface area (Å²) in [7, 11) is 4.50. The number of aromatic amines is 1. The SMILES string of the molecule is COc1cc(C(=O)Nc2ccc(-c3[nH]ncc3-c3nc4cc(Cl)ccc4o3)cc2)cc(OC)c1OC. The smallest absolute Gasteiger partial charge is 0.255 e. The molecule has 0 saturated heterocycles. The first-order chi connectivity index (χ1) is 17.5. The largest absolute Gasteiger partial charge is 0.493 e. The van der Waals surface area contributed by atoms with Crippen LogP contribution in [0.2, 0.25) is 5.02 Å². The van der Waals surface area contributed by atoms with Gasteiger partial charge in [0.2, 0.25) is 11.6 Å². The molecule has 0 radical (unpaired) electrons. The number of fused-ring (bicyclic) bond motifs is 1. The van der Waals surface area contributed by atoms with Crippen molar-refractivity contribution in [2.24, 2.45) is 0 Å². The molecular weight excluding hydrogens is 484 g/mol. The maximum atomic E-state index is 12.9. The lowest BCUT2D eigenvalue weighted by molar-refractivity contribution is 0.102. The van der Waals surface area contributed by atoms with Gasteiger partial charge < -0.3 is 23.9 Å². The molecule has 5 aromatic rings. The standard InChI is InChI=1S/C26H21ClN4O5/c1-33-21-10-15(11-22(34-2)24(21)35-3)25(32)29-17-7-4-14(5-8-17)23-18(13-28-31-23)26-30-19-12-16(27)6-9-20(19)36-26/h4-13H,1-3H3,(H,28,31)(H,29,32). The first-order valence-corrected chi connectivity index (χ1v) is 11.2. The van der Waals surface area contributed by atoms with Crippen LogP contribution in [0.3, 0.4) is 0 Å². The van der Waals surface area contributed by atoms with Gasteiger partial charge in [0.1, 0.15) is 5.52 Å². The highest BCUT2D eigenvalue weighted by molar-refractivity contribution is 6.31. The van der Waals surface area contributed by atoms with Gasteiger partial charge in [0.15, 0.2) is 17.1 Å². The summed E-state index contributed by atoms with van der Waals surface area (Å²) in [5, 5.41) is 10.6. The van der Waals surface area contributed by atoms with Crippen molar-refractivity contribution >= 4 is 34.3 Å². The number of nitrogens with zero attached hydrogens (tertiary/aromatic N) is 2. The molecule has 1 amide bonds. The Balaban J connectivity index is 1.38. The third kappa shape index (κ3) is 4.32. The molecule has 2 N–H and O–H groups in total. The average Bonchev–Trinajstić information content (AvgIpc) is 3.55. The third-order valence-corrected chi connectivity index (χ3v) is 5.81. The van der Waals surface area contributed by atoms with Crippen molar-refractivity contribution in [3.63, 3.8) is 0 Å². The Hall–Kier alpha value is -4.50. The number of amides is 1. The number of anilines is 1. The maximum absolute atomic E-state index is 12.9. The summed E-state index contributed by atoms with van der Waals surface area (Å²) in [6.07, 6.45) is 1.65. The van der Waals surface area contributed by atoms with E-state index in [0.29, 0.717) is 56.1 Å². The molecule has 5 rings (SSSR count). The molecule has 0 atom stereocenters. The fraction of sp³-hybridized carbons (Fsp3) is 0.115. The fourth-order valence-electron chi connectivity index (χ4n) is 3.82. The van der Waals surface area contributed by atoms with Crippen LogP contribution >= 0.6 is 11.6 Å². The Morgan fingerprint density at radius 1 is 0.972 bits per heavy atom. The molecule has 2 heterocycles. The van der Waals surface area contributed by atoms with E-state index in [0.717, 1.165) is 11.3 Å². The highest BCUT2D eigenvalue weighted by Crippen LogP contribution is 2.38. The molecule has 3 aromatic carbocycles. The van der Waals surface area contributed by atoms with Crippen LogP contribution in [-0.2, 0) is 0 Å². The van der Waals surface area contributed by atoms with E-state index in [1.807, 2.05) is 12.1 Å². The van der Waals surface area contributed by atoms with E-state index < -0.39 is 0 Å². The van der Waals surface area contributed by atoms with Gasteiger partial charge in [0.05, 0.1) is 38.8 Å². The Kier molecular flexibility index (Phi) is 6.22. The van der Waals surface area contributed by atoms with Crippen LogP contribution in [0.25, 0.3) is 33.8 Å². The summed E-state index contributed by atoms with van der Waals surface area (Å²) in [6, 6.07) is 15.8. The number of aromatic nitrogens is 3. The van der Waals surface area contributed by atoms with E-state index in [2.05, 4.69) is 20.5 Å². The number of carbonyl (C=O) groups excluding carboxylic acids is 1. The van der Waals surface area contributed by atoms with E-state index in [4.69, 9.17) is 30.2 Å². The number of rotatable bonds is 7. The Morgan fingerprint density at radius 2 is 1.69 bits per heavy atom. The van der Waals surface area contributed by atoms with Gasteiger partial charge in [-0.3, -0.25) is 9.89 Å². The van der Waals surface area contributed by atoms with Gasteiger partial charge in [0.25, 0.3) is 5.91 Å². The molecule has 0 aliphatic heterocycles. The normalized spacial score (nSPS) is 10.9. The number of methoxy groups -OCH3 is 3. The number of benzene rings is 3. The van der Waals surface area contributed by atoms with E-state index >= 15 is 0 Å². The van der Waals surface area contributed by atoms with Crippen LogP contribution in [0.1, 0.15) is 10.4 Å². The predicted octanol–water partition coefficient (Wildman–Crippen LogP) is 5.82. The zero-order valence-electron chi connectivity index (χ0n) is 19.6. The van der Waals surface area contributed by atoms with E-state index in [1.165, 1.54) is 21.3 Å². The molecule has 0 aliphatic rings. The highest BCUT2D eigenvalue weighted by atomic mass is 35.5. The van der Waals surface area contributed by atoms with Crippen LogP contribution in [0.5, 0.6) is 17.2 Å². The number of H-pyrrole nitrogens is 1. The van der Waals surface area contributed by atoms with Gasteiger partial charge in [0, 0.05) is 21.8 Å². The van der Waals surface area contributed by atoms with Crippen molar-refractivity contribution in [3.05, 3.63) is 71.4 Å². The van der Waals surface area contributed by atoms with Gasteiger partial charge in [-0.05, 0) is 42.5 Å². The van der Waals surface area contributed by atoms with Crippen molar-refractivity contribution in [2.45, 2.75) is 0 Å². The summed E-state index contributed by atoms with van der Waals surface area (Å²) >= 11 is 6.07. The number of nitrogens with one attached hydrogen (secondary N) is 2. The number of oxazole rings is 1. The Morgan fingerprint density at radius 3 is 2.36 bits per heavy atom. The van der Waals surface area contributed by atoms with Gasteiger partial charge in [-0.15, -0.1) is 0 Å². The van der Waals surface area contributed by atoms with Crippen LogP contribution in [0, 0.1) is 0 Å². The number of halogens is 1. The average molecular weight is 505 g/mol. The van der Waals surface area contributed by atoms with Gasteiger partial charge in [-0.2, -0.15) is 5.10 Å². The van der Waals surface area contributed by atoms with Crippen molar-refractivity contribution in [1.82, 2.24) is 15.2 Å². The summed E-state index contributed by atoms with van der Waals surface area (Å²) < 4.78 is 21.9. The van der Waals surface area contributed by atoms with E-state index in [9.17, 15) is 4.79 Å². The third-order valence-electron chi connectivity index (χ3n) is 5.58. The van der Waals surface area contributed by atoms with Gasteiger partial charge >= 0.3 is 0 Å². The molecule has 9 nitrogen and oxygen atoms in total. The zero-order valence-corrected chi connectivity index (χ0v) is 20.3. The minimum absolute atomic E-state index is 0.325. The van der Waals surface area contributed by atoms with Crippen molar-refractivity contribution in [2.75, 3.05) is 26.6 Å². The van der Waals surface area contributed by atoms with Crippen LogP contribution < -0.4 is 19.5 Å². The fourth-order valence-corrected chi connectivity index (χ4v) is 3.99. The lowest BCUT2D eigenvalue weighted by atomic mass is 10.1. The lowest BCUT2D eigenvalue weighted by Gasteiger charge is -2.14. The summed E-state index contributed by atoms with van der Waals surface area (Å²) in [5.74, 6) is 1.31. The molecular formula is C26H21ClN4O5. The molecule has 0 aliphatic carbocycles. The highest BCUT2D eigenvalue weighted by Gasteiger charge is 2.18. The molecule has 0 saturated carbocycles. The molecule has 0 unspecified atom stereocenters. The zero-order chi connectivity index (χ0) is 25.2. The number of carbonyl (C=O) groups is 1. The molecule has 0 spiro atoms. The number of hydrogen-bond acceptors (Lipinski definition) is 7. The first kappa shape index (κ1) is 23.3. The summed E-state index contributed by atoms with van der Waals surface area (Å²) in [4.78, 5) is 17.4. The monoisotopic (exact) mass is 504 g/mol. The van der Waals surface area contributed by atoms with Gasteiger partial charge in [-0.1, -0.05) is 23.7 Å². The van der Waals surface area contributed by atoms with Crippen LogP contribution in [0.15, 0.2) is 65.2 Å². The second-order valence-electron chi connectivity index (χ2n) is 7.74. The second kappa shape index (κ2) is 9.63. The van der Waals surface area contributed by atoms with Crippen molar-refractivity contribution in [1.29, 1.82) is 0 Å². The molecule has 36 heavy (non-hydrogen) atoms. The minimum Gasteiger partial charge on any atom is -0.493 e. The van der Waals surface area contributed by atoms with Crippen LogP contribution in [0.4, 0.5) is 5.69 Å². The quantitative estimate of drug-likeness (QED) is 0.287. The van der Waals surface area contributed by atoms with Crippen molar-refractivity contribution in [3.8, 4) is 40.0 Å². The van der Waals surface area contributed by atoms with Crippen molar-refractivity contribution < 1.29 is 23.4 Å². The second-order valence-corrected chi connectivity index (χ2v) is 8.17. The first-order valence-electron chi connectivity index (χ1n) is 10.8.